The zero-order valence-electron chi connectivity index (χ0n) is 13.2. The van der Waals surface area contributed by atoms with Crippen molar-refractivity contribution >= 4 is 33.4 Å². The quantitative estimate of drug-likeness (QED) is 0.875. The molecule has 5 nitrogen and oxygen atoms in total. The number of hydrogen-bond acceptors (Lipinski definition) is 3. The van der Waals surface area contributed by atoms with Crippen LogP contribution in [0.4, 0.5) is 5.69 Å². The topological polar surface area (TPSA) is 58.6 Å². The van der Waals surface area contributed by atoms with Gasteiger partial charge in [0.15, 0.2) is 6.10 Å². The van der Waals surface area contributed by atoms with E-state index in [1.807, 2.05) is 36.4 Å². The summed E-state index contributed by atoms with van der Waals surface area (Å²) in [7, 11) is 1.73. The first-order valence-corrected chi connectivity index (χ1v) is 8.43. The van der Waals surface area contributed by atoms with E-state index in [1.165, 1.54) is 0 Å². The molecule has 1 heterocycles. The van der Waals surface area contributed by atoms with E-state index in [4.69, 9.17) is 4.74 Å². The van der Waals surface area contributed by atoms with Gasteiger partial charge in [-0.05, 0) is 40.2 Å². The summed E-state index contributed by atoms with van der Waals surface area (Å²) in [6.07, 6.45) is -0.183. The molecule has 1 N–H and O–H groups in total. The van der Waals surface area contributed by atoms with Crippen LogP contribution in [0.5, 0.6) is 5.75 Å². The minimum Gasteiger partial charge on any atom is -0.478 e. The van der Waals surface area contributed by atoms with Gasteiger partial charge >= 0.3 is 0 Å². The first kappa shape index (κ1) is 16.5. The Morgan fingerprint density at radius 1 is 1.21 bits per heavy atom. The molecule has 24 heavy (non-hydrogen) atoms. The second kappa shape index (κ2) is 7.05. The van der Waals surface area contributed by atoms with Gasteiger partial charge in [-0.25, -0.2) is 0 Å². The highest BCUT2D eigenvalue weighted by Gasteiger charge is 2.31. The van der Waals surface area contributed by atoms with E-state index < -0.39 is 6.10 Å². The number of nitrogens with zero attached hydrogens (tertiary/aromatic N) is 1. The Morgan fingerprint density at radius 2 is 1.92 bits per heavy atom. The normalized spacial score (nSPS) is 16.3. The zero-order chi connectivity index (χ0) is 17.1. The summed E-state index contributed by atoms with van der Waals surface area (Å²) in [5, 5.41) is 2.83. The molecule has 0 saturated heterocycles. The molecule has 0 fully saturated rings. The van der Waals surface area contributed by atoms with E-state index in [0.717, 1.165) is 10.2 Å². The van der Waals surface area contributed by atoms with Crippen LogP contribution in [0.3, 0.4) is 0 Å². The summed E-state index contributed by atoms with van der Waals surface area (Å²) < 4.78 is 6.51. The summed E-state index contributed by atoms with van der Waals surface area (Å²) in [6, 6.07) is 14.6. The highest BCUT2D eigenvalue weighted by atomic mass is 79.9. The summed E-state index contributed by atoms with van der Waals surface area (Å²) in [4.78, 5) is 26.1. The molecule has 1 aliphatic heterocycles. The third-order valence-corrected chi connectivity index (χ3v) is 4.60. The monoisotopic (exact) mass is 388 g/mol. The van der Waals surface area contributed by atoms with Crippen LogP contribution in [0, 0.1) is 0 Å². The summed E-state index contributed by atoms with van der Waals surface area (Å²) >= 11 is 3.35. The Morgan fingerprint density at radius 3 is 2.71 bits per heavy atom. The van der Waals surface area contributed by atoms with Crippen molar-refractivity contribution in [2.75, 3.05) is 18.5 Å². The summed E-state index contributed by atoms with van der Waals surface area (Å²) in [6.45, 7) is 0.354. The molecule has 2 aromatic carbocycles. The molecule has 0 saturated carbocycles. The van der Waals surface area contributed by atoms with Crippen LogP contribution in [0.15, 0.2) is 53.0 Å². The number of anilines is 1. The van der Waals surface area contributed by atoms with Gasteiger partial charge in [0, 0.05) is 24.5 Å². The van der Waals surface area contributed by atoms with Gasteiger partial charge in [0.25, 0.3) is 11.8 Å². The van der Waals surface area contributed by atoms with Gasteiger partial charge in [0.1, 0.15) is 5.75 Å². The van der Waals surface area contributed by atoms with E-state index in [-0.39, 0.29) is 11.8 Å². The highest BCUT2D eigenvalue weighted by Crippen LogP contribution is 2.33. The van der Waals surface area contributed by atoms with Crippen molar-refractivity contribution in [1.29, 1.82) is 0 Å². The molecule has 0 aliphatic carbocycles. The molecular weight excluding hydrogens is 372 g/mol. The van der Waals surface area contributed by atoms with E-state index in [0.29, 0.717) is 24.3 Å². The first-order valence-electron chi connectivity index (χ1n) is 7.64. The van der Waals surface area contributed by atoms with Gasteiger partial charge < -0.3 is 15.0 Å². The molecule has 0 radical (unpaired) electrons. The van der Waals surface area contributed by atoms with Crippen molar-refractivity contribution in [1.82, 2.24) is 5.32 Å². The molecule has 1 atom stereocenters. The highest BCUT2D eigenvalue weighted by molar-refractivity contribution is 9.10. The number of nitrogens with one attached hydrogen (secondary N) is 1. The zero-order valence-corrected chi connectivity index (χ0v) is 14.7. The van der Waals surface area contributed by atoms with Crippen LogP contribution in [-0.2, 0) is 4.79 Å². The van der Waals surface area contributed by atoms with Crippen molar-refractivity contribution in [2.24, 2.45) is 0 Å². The third-order valence-electron chi connectivity index (χ3n) is 3.91. The average molecular weight is 389 g/mol. The van der Waals surface area contributed by atoms with Crippen molar-refractivity contribution in [2.45, 2.75) is 12.5 Å². The molecular formula is C18H17BrN2O3. The number of halogens is 1. The minimum absolute atomic E-state index is 0.108. The minimum atomic E-state index is -0.593. The second-order valence-electron chi connectivity index (χ2n) is 5.50. The standard InChI is InChI=1S/C18H17BrN2O3/c1-21-14-8-4-5-9-15(14)24-16(18(21)23)10-11-20-17(22)12-6-2-3-7-13(12)19/h2-9,16H,10-11H2,1H3,(H,20,22). The Labute approximate surface area is 148 Å². The fourth-order valence-electron chi connectivity index (χ4n) is 2.61. The van der Waals surface area contributed by atoms with Gasteiger partial charge in [-0.15, -0.1) is 0 Å². The maximum absolute atomic E-state index is 12.4. The molecule has 3 rings (SSSR count). The SMILES string of the molecule is CN1C(=O)C(CCNC(=O)c2ccccc2Br)Oc2ccccc21. The van der Waals surface area contributed by atoms with Crippen LogP contribution in [0.25, 0.3) is 0 Å². The number of rotatable bonds is 4. The van der Waals surface area contributed by atoms with Crippen LogP contribution < -0.4 is 15.0 Å². The van der Waals surface area contributed by atoms with Gasteiger partial charge in [0.05, 0.1) is 11.3 Å². The molecule has 2 amide bonds. The van der Waals surface area contributed by atoms with Crippen molar-refractivity contribution in [3.05, 3.63) is 58.6 Å². The average Bonchev–Trinajstić information content (AvgIpc) is 2.59. The van der Waals surface area contributed by atoms with Gasteiger partial charge in [-0.1, -0.05) is 24.3 Å². The lowest BCUT2D eigenvalue weighted by molar-refractivity contribution is -0.126. The largest absolute Gasteiger partial charge is 0.478 e. The Kier molecular flexibility index (Phi) is 4.85. The molecule has 0 spiro atoms. The van der Waals surface area contributed by atoms with Crippen LogP contribution >= 0.6 is 15.9 Å². The number of fused-ring (bicyclic) bond motifs is 1. The van der Waals surface area contributed by atoms with Gasteiger partial charge in [-0.2, -0.15) is 0 Å². The number of carbonyl (C=O) groups is 2. The second-order valence-corrected chi connectivity index (χ2v) is 6.35. The lowest BCUT2D eigenvalue weighted by Crippen LogP contribution is -2.45. The maximum atomic E-state index is 12.4. The van der Waals surface area contributed by atoms with E-state index >= 15 is 0 Å². The molecule has 2 aromatic rings. The van der Waals surface area contributed by atoms with Crippen LogP contribution in [0.2, 0.25) is 0 Å². The fraction of sp³-hybridized carbons (Fsp3) is 0.222. The fourth-order valence-corrected chi connectivity index (χ4v) is 3.08. The smallest absolute Gasteiger partial charge is 0.267 e. The first-order chi connectivity index (χ1) is 11.6. The molecule has 1 unspecified atom stereocenters. The molecule has 1 aliphatic rings. The molecule has 0 aromatic heterocycles. The summed E-state index contributed by atoms with van der Waals surface area (Å²) in [5.41, 5.74) is 1.33. The lowest BCUT2D eigenvalue weighted by Gasteiger charge is -2.31. The van der Waals surface area contributed by atoms with Gasteiger partial charge in [0.2, 0.25) is 0 Å². The Hall–Kier alpha value is -2.34. The number of benzene rings is 2. The van der Waals surface area contributed by atoms with Crippen molar-refractivity contribution < 1.29 is 14.3 Å². The number of para-hydroxylation sites is 2. The molecule has 124 valence electrons. The number of likely N-dealkylation sites (N-methyl/N-ethyl adjacent to an activating group) is 1. The van der Waals surface area contributed by atoms with Crippen molar-refractivity contribution in [3.63, 3.8) is 0 Å². The Bertz CT molecular complexity index is 778. The van der Waals surface area contributed by atoms with Crippen LogP contribution in [-0.4, -0.2) is 31.5 Å². The molecule has 0 bridgehead atoms. The van der Waals surface area contributed by atoms with E-state index in [2.05, 4.69) is 21.2 Å². The predicted molar refractivity (Wildman–Crippen MR) is 95.4 cm³/mol. The van der Waals surface area contributed by atoms with Crippen molar-refractivity contribution in [3.8, 4) is 5.75 Å². The van der Waals surface area contributed by atoms with E-state index in [9.17, 15) is 9.59 Å². The summed E-state index contributed by atoms with van der Waals surface area (Å²) in [5.74, 6) is 0.394. The lowest BCUT2D eigenvalue weighted by atomic mass is 10.1. The maximum Gasteiger partial charge on any atom is 0.267 e. The van der Waals surface area contributed by atoms with Crippen LogP contribution in [0.1, 0.15) is 16.8 Å². The third kappa shape index (κ3) is 3.28. The predicted octanol–water partition coefficient (Wildman–Crippen LogP) is 2.99. The number of amides is 2. The Balaban J connectivity index is 1.61. The van der Waals surface area contributed by atoms with E-state index in [1.54, 1.807) is 24.1 Å². The number of carbonyl (C=O) groups excluding carboxylic acids is 2. The number of hydrogen-bond donors (Lipinski definition) is 1. The molecule has 6 heteroatoms. The number of ether oxygens (including phenoxy) is 1. The van der Waals surface area contributed by atoms with Gasteiger partial charge in [-0.3, -0.25) is 9.59 Å².